The van der Waals surface area contributed by atoms with Gasteiger partial charge in [0.15, 0.2) is 0 Å². The largest absolute Gasteiger partial charge is 0.361 e. The smallest absolute Gasteiger partial charge is 0.224 e. The van der Waals surface area contributed by atoms with Crippen LogP contribution in [0.2, 0.25) is 0 Å². The number of rotatable bonds is 3. The van der Waals surface area contributed by atoms with Crippen molar-refractivity contribution < 1.29 is 9.72 Å². The number of aromatic amines is 1. The molecule has 0 radical (unpaired) electrons. The molecule has 5 heteroatoms. The summed E-state index contributed by atoms with van der Waals surface area (Å²) < 4.78 is 0. The van der Waals surface area contributed by atoms with E-state index in [1.165, 1.54) is 0 Å². The van der Waals surface area contributed by atoms with Gasteiger partial charge in [-0.2, -0.15) is 0 Å². The monoisotopic (exact) mass is 300 g/mol. The normalized spacial score (nSPS) is 21.0. The fourth-order valence-electron chi connectivity index (χ4n) is 3.30. The van der Waals surface area contributed by atoms with E-state index in [-0.39, 0.29) is 23.0 Å². The van der Waals surface area contributed by atoms with Crippen LogP contribution >= 0.6 is 0 Å². The Hall–Kier alpha value is -2.17. The lowest BCUT2D eigenvalue weighted by atomic mass is 9.75. The quantitative estimate of drug-likeness (QED) is 0.696. The topological polar surface area (TPSA) is 76.0 Å². The molecule has 1 aromatic carbocycles. The lowest BCUT2D eigenvalue weighted by Crippen LogP contribution is -2.35. The number of nitro groups is 1. The van der Waals surface area contributed by atoms with Gasteiger partial charge in [-0.15, -0.1) is 0 Å². The molecule has 116 valence electrons. The molecule has 0 spiro atoms. The third-order valence-corrected chi connectivity index (χ3v) is 4.63. The van der Waals surface area contributed by atoms with Crippen molar-refractivity contribution in [2.45, 2.75) is 45.6 Å². The molecule has 3 rings (SSSR count). The van der Waals surface area contributed by atoms with E-state index >= 15 is 0 Å². The second-order valence-electron chi connectivity index (χ2n) is 7.12. The van der Waals surface area contributed by atoms with Crippen molar-refractivity contribution in [3.63, 3.8) is 0 Å². The standard InChI is InChI=1S/C17H20N2O3/c1-17(2,3)15(20)8-12-11-5-4-6-13-16(11)10(9-18-13)7-14(12)19(21)22/h4-6,9,12,14,18H,7-8H2,1-3H3/t12-,14-/m1/s1. The molecule has 0 saturated carbocycles. The van der Waals surface area contributed by atoms with Crippen molar-refractivity contribution in [1.82, 2.24) is 4.98 Å². The summed E-state index contributed by atoms with van der Waals surface area (Å²) >= 11 is 0. The van der Waals surface area contributed by atoms with Crippen molar-refractivity contribution in [3.8, 4) is 0 Å². The van der Waals surface area contributed by atoms with Crippen molar-refractivity contribution in [2.24, 2.45) is 5.41 Å². The van der Waals surface area contributed by atoms with Crippen LogP contribution in [-0.4, -0.2) is 21.7 Å². The number of benzene rings is 1. The van der Waals surface area contributed by atoms with Gasteiger partial charge in [0.05, 0.1) is 5.92 Å². The number of carbonyl (C=O) groups excluding carboxylic acids is 1. The van der Waals surface area contributed by atoms with Gasteiger partial charge in [-0.3, -0.25) is 14.9 Å². The van der Waals surface area contributed by atoms with E-state index in [0.29, 0.717) is 6.42 Å². The summed E-state index contributed by atoms with van der Waals surface area (Å²) in [6, 6.07) is 5.06. The molecule has 5 nitrogen and oxygen atoms in total. The van der Waals surface area contributed by atoms with Gasteiger partial charge in [0.1, 0.15) is 5.78 Å². The zero-order chi connectivity index (χ0) is 16.1. The van der Waals surface area contributed by atoms with Crippen LogP contribution in [0.25, 0.3) is 10.9 Å². The van der Waals surface area contributed by atoms with Crippen LogP contribution in [0.4, 0.5) is 0 Å². The second kappa shape index (κ2) is 4.93. The van der Waals surface area contributed by atoms with Crippen LogP contribution in [0.15, 0.2) is 24.4 Å². The van der Waals surface area contributed by atoms with Gasteiger partial charge in [0, 0.05) is 40.3 Å². The molecular weight excluding hydrogens is 280 g/mol. The third-order valence-electron chi connectivity index (χ3n) is 4.63. The summed E-state index contributed by atoms with van der Waals surface area (Å²) in [6.45, 7) is 5.59. The van der Waals surface area contributed by atoms with Gasteiger partial charge in [0.25, 0.3) is 0 Å². The molecule has 2 aromatic rings. The first-order valence-corrected chi connectivity index (χ1v) is 7.54. The molecule has 2 atom stereocenters. The third kappa shape index (κ3) is 2.30. The number of hydrogen-bond donors (Lipinski definition) is 1. The molecule has 1 N–H and O–H groups in total. The van der Waals surface area contributed by atoms with Gasteiger partial charge >= 0.3 is 0 Å². The van der Waals surface area contributed by atoms with Crippen molar-refractivity contribution in [2.75, 3.05) is 0 Å². The average molecular weight is 300 g/mol. The Labute approximate surface area is 128 Å². The van der Waals surface area contributed by atoms with Gasteiger partial charge < -0.3 is 4.98 Å². The van der Waals surface area contributed by atoms with Crippen LogP contribution in [0.5, 0.6) is 0 Å². The van der Waals surface area contributed by atoms with Crippen molar-refractivity contribution in [1.29, 1.82) is 0 Å². The molecule has 22 heavy (non-hydrogen) atoms. The number of ketones is 1. The van der Waals surface area contributed by atoms with Gasteiger partial charge in [0.2, 0.25) is 6.04 Å². The Morgan fingerprint density at radius 2 is 2.14 bits per heavy atom. The zero-order valence-electron chi connectivity index (χ0n) is 13.1. The number of aromatic nitrogens is 1. The van der Waals surface area contributed by atoms with Crippen molar-refractivity contribution >= 4 is 16.7 Å². The minimum absolute atomic E-state index is 0.0698. The van der Waals surface area contributed by atoms with Gasteiger partial charge in [-0.05, 0) is 17.2 Å². The molecule has 1 aliphatic carbocycles. The Morgan fingerprint density at radius 1 is 1.41 bits per heavy atom. The zero-order valence-corrected chi connectivity index (χ0v) is 13.1. The SMILES string of the molecule is CC(C)(C)C(=O)C[C@@H]1c2cccc3[nH]cc(c23)C[C@H]1[N+](=O)[O-]. The Morgan fingerprint density at radius 3 is 2.77 bits per heavy atom. The Balaban J connectivity index is 2.09. The molecular formula is C17H20N2O3. The lowest BCUT2D eigenvalue weighted by molar-refractivity contribution is -0.526. The van der Waals surface area contributed by atoms with E-state index in [9.17, 15) is 14.9 Å². The van der Waals surface area contributed by atoms with Crippen LogP contribution in [0.3, 0.4) is 0 Å². The van der Waals surface area contributed by atoms with Gasteiger partial charge in [-0.1, -0.05) is 32.9 Å². The highest BCUT2D eigenvalue weighted by Crippen LogP contribution is 2.40. The number of nitrogens with one attached hydrogen (secondary N) is 1. The minimum atomic E-state index is -0.736. The lowest BCUT2D eigenvalue weighted by Gasteiger charge is -2.28. The van der Waals surface area contributed by atoms with Gasteiger partial charge in [-0.25, -0.2) is 0 Å². The fourth-order valence-corrected chi connectivity index (χ4v) is 3.30. The highest BCUT2D eigenvalue weighted by Gasteiger charge is 2.41. The van der Waals surface area contributed by atoms with E-state index in [1.807, 2.05) is 45.2 Å². The highest BCUT2D eigenvalue weighted by molar-refractivity contribution is 5.90. The maximum Gasteiger partial charge on any atom is 0.224 e. The summed E-state index contributed by atoms with van der Waals surface area (Å²) in [5.74, 6) is -0.283. The predicted octanol–water partition coefficient (Wildman–Crippen LogP) is 3.46. The van der Waals surface area contributed by atoms with Crippen molar-refractivity contribution in [3.05, 3.63) is 45.6 Å². The van der Waals surface area contributed by atoms with E-state index in [0.717, 1.165) is 22.0 Å². The Kier molecular flexibility index (Phi) is 3.31. The first kappa shape index (κ1) is 14.8. The highest BCUT2D eigenvalue weighted by atomic mass is 16.6. The molecule has 0 fully saturated rings. The predicted molar refractivity (Wildman–Crippen MR) is 84.6 cm³/mol. The van der Waals surface area contributed by atoms with Crippen LogP contribution in [-0.2, 0) is 11.2 Å². The van der Waals surface area contributed by atoms with E-state index in [4.69, 9.17) is 0 Å². The Bertz CT molecular complexity index is 755. The molecule has 1 heterocycles. The number of Topliss-reactive ketones (excluding diaryl/α,β-unsaturated/α-hetero) is 1. The number of carbonyl (C=O) groups is 1. The molecule has 0 bridgehead atoms. The maximum absolute atomic E-state index is 12.4. The summed E-state index contributed by atoms with van der Waals surface area (Å²) in [5, 5.41) is 12.6. The molecule has 1 aliphatic rings. The first-order chi connectivity index (χ1) is 10.3. The van der Waals surface area contributed by atoms with E-state index in [2.05, 4.69) is 4.98 Å². The summed E-state index contributed by atoms with van der Waals surface area (Å²) in [7, 11) is 0. The molecule has 0 unspecified atom stereocenters. The van der Waals surface area contributed by atoms with E-state index < -0.39 is 11.5 Å². The first-order valence-electron chi connectivity index (χ1n) is 7.54. The number of hydrogen-bond acceptors (Lipinski definition) is 3. The molecule has 1 aromatic heterocycles. The average Bonchev–Trinajstić information content (AvgIpc) is 2.84. The summed E-state index contributed by atoms with van der Waals surface area (Å²) in [6.07, 6.45) is 2.46. The maximum atomic E-state index is 12.4. The molecule has 0 amide bonds. The molecule has 0 aliphatic heterocycles. The van der Waals surface area contributed by atoms with Crippen LogP contribution < -0.4 is 0 Å². The minimum Gasteiger partial charge on any atom is -0.361 e. The fraction of sp³-hybridized carbons (Fsp3) is 0.471. The number of nitrogens with zero attached hydrogens (tertiary/aromatic N) is 1. The van der Waals surface area contributed by atoms with Crippen LogP contribution in [0.1, 0.15) is 44.2 Å². The molecule has 0 saturated heterocycles. The second-order valence-corrected chi connectivity index (χ2v) is 7.12. The van der Waals surface area contributed by atoms with Crippen LogP contribution in [0, 0.1) is 15.5 Å². The van der Waals surface area contributed by atoms with E-state index in [1.54, 1.807) is 0 Å². The summed E-state index contributed by atoms with van der Waals surface area (Å²) in [4.78, 5) is 26.9. The number of H-pyrrole nitrogens is 1. The summed E-state index contributed by atoms with van der Waals surface area (Å²) in [5.41, 5.74) is 2.42.